The molecule has 0 heterocycles. The summed E-state index contributed by atoms with van der Waals surface area (Å²) in [5.74, 6) is -0.0549. The molecule has 0 spiro atoms. The molecule has 3 N–H and O–H groups in total. The van der Waals surface area contributed by atoms with Gasteiger partial charge in [-0.25, -0.2) is 0 Å². The smallest absolute Gasteiger partial charge is 0.305 e. The SMILES string of the molecule is CCCCCCCCCCCCCCCCCCC(=O)OCCCCCC/C=C\CCCCCCCCCC(=O)NC(CO)C(O)CCCCCCCCCCCCCCCC. The molecule has 0 aliphatic heterocycles. The second kappa shape index (κ2) is 52.2. The summed E-state index contributed by atoms with van der Waals surface area (Å²) in [5.41, 5.74) is 0. The van der Waals surface area contributed by atoms with Crippen molar-refractivity contribution in [2.75, 3.05) is 13.2 Å². The van der Waals surface area contributed by atoms with Gasteiger partial charge in [-0.15, -0.1) is 0 Å². The lowest BCUT2D eigenvalue weighted by atomic mass is 10.0. The third kappa shape index (κ3) is 48.1. The summed E-state index contributed by atoms with van der Waals surface area (Å²) in [6.07, 6.45) is 60.5. The third-order valence-electron chi connectivity index (χ3n) is 13.1. The molecule has 1 amide bonds. The topological polar surface area (TPSA) is 95.9 Å². The van der Waals surface area contributed by atoms with Crippen molar-refractivity contribution < 1.29 is 24.5 Å². The highest BCUT2D eigenvalue weighted by Gasteiger charge is 2.20. The molecule has 0 aromatic carbocycles. The summed E-state index contributed by atoms with van der Waals surface area (Å²) in [5, 5.41) is 23.2. The molecule has 0 saturated heterocycles. The van der Waals surface area contributed by atoms with Gasteiger partial charge in [0, 0.05) is 12.8 Å². The number of amides is 1. The van der Waals surface area contributed by atoms with Crippen molar-refractivity contribution in [1.82, 2.24) is 5.32 Å². The molecule has 0 rings (SSSR count). The number of carbonyl (C=O) groups is 2. The zero-order valence-electron chi connectivity index (χ0n) is 41.9. The first-order valence-corrected chi connectivity index (χ1v) is 27.9. The minimum atomic E-state index is -0.673. The van der Waals surface area contributed by atoms with Gasteiger partial charge < -0.3 is 20.3 Å². The highest BCUT2D eigenvalue weighted by molar-refractivity contribution is 5.76. The zero-order chi connectivity index (χ0) is 45.1. The summed E-state index contributed by atoms with van der Waals surface area (Å²) in [6, 6.07) is -0.551. The molecule has 368 valence electrons. The molecular weight excluding hydrogens is 767 g/mol. The van der Waals surface area contributed by atoms with E-state index in [4.69, 9.17) is 4.74 Å². The van der Waals surface area contributed by atoms with Crippen LogP contribution < -0.4 is 5.32 Å². The largest absolute Gasteiger partial charge is 0.466 e. The lowest BCUT2D eigenvalue weighted by Crippen LogP contribution is -2.45. The van der Waals surface area contributed by atoms with Crippen LogP contribution >= 0.6 is 0 Å². The standard InChI is InChI=1S/C56H109NO5/c1-3-5-7-9-11-13-15-17-19-22-26-30-34-38-42-46-50-56(61)62-51-47-43-39-35-31-27-23-20-21-25-29-33-37-41-45-49-55(60)57-53(52-58)54(59)48-44-40-36-32-28-24-18-16-14-12-10-8-6-4-2/h23,27,53-54,58-59H,3-22,24-26,28-52H2,1-2H3,(H,57,60)/b27-23-. The quantitative estimate of drug-likeness (QED) is 0.0321. The number of rotatable bonds is 52. The summed E-state index contributed by atoms with van der Waals surface area (Å²) in [7, 11) is 0. The first-order valence-electron chi connectivity index (χ1n) is 27.9. The fraction of sp³-hybridized carbons (Fsp3) is 0.929. The van der Waals surface area contributed by atoms with Crippen molar-refractivity contribution in [3.05, 3.63) is 12.2 Å². The van der Waals surface area contributed by atoms with Crippen LogP contribution in [0.4, 0.5) is 0 Å². The highest BCUT2D eigenvalue weighted by atomic mass is 16.5. The number of aliphatic hydroxyl groups is 2. The van der Waals surface area contributed by atoms with Crippen molar-refractivity contribution in [3.63, 3.8) is 0 Å². The Balaban J connectivity index is 3.45. The van der Waals surface area contributed by atoms with Crippen LogP contribution in [0.25, 0.3) is 0 Å². The van der Waals surface area contributed by atoms with Gasteiger partial charge in [-0.3, -0.25) is 9.59 Å². The molecule has 6 nitrogen and oxygen atoms in total. The van der Waals surface area contributed by atoms with E-state index in [1.54, 1.807) is 0 Å². The van der Waals surface area contributed by atoms with Crippen molar-refractivity contribution in [2.24, 2.45) is 0 Å². The van der Waals surface area contributed by atoms with Gasteiger partial charge in [-0.2, -0.15) is 0 Å². The molecule has 0 saturated carbocycles. The Labute approximate surface area is 387 Å². The number of nitrogens with one attached hydrogen (secondary N) is 1. The van der Waals surface area contributed by atoms with Crippen molar-refractivity contribution in [3.8, 4) is 0 Å². The van der Waals surface area contributed by atoms with Gasteiger partial charge in [0.2, 0.25) is 5.91 Å². The van der Waals surface area contributed by atoms with Crippen LogP contribution in [0.2, 0.25) is 0 Å². The second-order valence-electron chi connectivity index (χ2n) is 19.3. The maximum atomic E-state index is 12.5. The maximum Gasteiger partial charge on any atom is 0.305 e. The van der Waals surface area contributed by atoms with Gasteiger partial charge in [-0.1, -0.05) is 257 Å². The van der Waals surface area contributed by atoms with Crippen LogP contribution in [0, 0.1) is 0 Å². The molecule has 6 heteroatoms. The third-order valence-corrected chi connectivity index (χ3v) is 13.1. The van der Waals surface area contributed by atoms with E-state index in [0.717, 1.165) is 70.6 Å². The molecule has 0 radical (unpaired) electrons. The molecule has 0 aromatic heterocycles. The van der Waals surface area contributed by atoms with Crippen LogP contribution in [0.1, 0.15) is 309 Å². The molecule has 0 bridgehead atoms. The second-order valence-corrected chi connectivity index (χ2v) is 19.3. The average molecular weight is 876 g/mol. The van der Waals surface area contributed by atoms with Gasteiger partial charge in [0.05, 0.1) is 25.4 Å². The van der Waals surface area contributed by atoms with E-state index >= 15 is 0 Å². The van der Waals surface area contributed by atoms with E-state index in [1.807, 2.05) is 0 Å². The minimum absolute atomic E-state index is 0.00619. The number of allylic oxidation sites excluding steroid dienone is 2. The fourth-order valence-corrected chi connectivity index (χ4v) is 8.75. The molecule has 0 fully saturated rings. The summed E-state index contributed by atoms with van der Waals surface area (Å²) >= 11 is 0. The van der Waals surface area contributed by atoms with E-state index in [0.29, 0.717) is 25.9 Å². The number of unbranched alkanes of at least 4 members (excludes halogenated alkanes) is 39. The van der Waals surface area contributed by atoms with E-state index in [1.165, 1.54) is 205 Å². The fourth-order valence-electron chi connectivity index (χ4n) is 8.75. The summed E-state index contributed by atoms with van der Waals surface area (Å²) < 4.78 is 5.47. The molecule has 62 heavy (non-hydrogen) atoms. The van der Waals surface area contributed by atoms with E-state index in [-0.39, 0.29) is 18.5 Å². The van der Waals surface area contributed by atoms with E-state index in [9.17, 15) is 19.8 Å². The van der Waals surface area contributed by atoms with Crippen LogP contribution in [0.15, 0.2) is 12.2 Å². The Hall–Kier alpha value is -1.40. The van der Waals surface area contributed by atoms with Crippen molar-refractivity contribution >= 4 is 11.9 Å². The minimum Gasteiger partial charge on any atom is -0.466 e. The summed E-state index contributed by atoms with van der Waals surface area (Å²) in [6.45, 7) is 4.93. The normalized spacial score (nSPS) is 12.6. The van der Waals surface area contributed by atoms with E-state index in [2.05, 4.69) is 31.3 Å². The van der Waals surface area contributed by atoms with Gasteiger partial charge >= 0.3 is 5.97 Å². The average Bonchev–Trinajstić information content (AvgIpc) is 3.27. The van der Waals surface area contributed by atoms with Crippen LogP contribution in [0.5, 0.6) is 0 Å². The predicted octanol–water partition coefficient (Wildman–Crippen LogP) is 16.9. The van der Waals surface area contributed by atoms with Gasteiger partial charge in [0.1, 0.15) is 0 Å². The molecule has 0 aliphatic carbocycles. The van der Waals surface area contributed by atoms with Crippen molar-refractivity contribution in [1.29, 1.82) is 0 Å². The Kier molecular flexibility index (Phi) is 51.0. The first-order chi connectivity index (χ1) is 30.5. The number of hydrogen-bond donors (Lipinski definition) is 3. The van der Waals surface area contributed by atoms with E-state index < -0.39 is 12.1 Å². The molecule has 2 unspecified atom stereocenters. The van der Waals surface area contributed by atoms with Crippen LogP contribution in [-0.2, 0) is 14.3 Å². The predicted molar refractivity (Wildman–Crippen MR) is 269 cm³/mol. The molecular formula is C56H109NO5. The first kappa shape index (κ1) is 60.6. The number of ether oxygens (including phenoxy) is 1. The maximum absolute atomic E-state index is 12.5. The molecule has 0 aromatic rings. The summed E-state index contributed by atoms with van der Waals surface area (Å²) in [4.78, 5) is 24.5. The Morgan fingerprint density at radius 3 is 1.15 bits per heavy atom. The molecule has 2 atom stereocenters. The lowest BCUT2D eigenvalue weighted by molar-refractivity contribution is -0.143. The van der Waals surface area contributed by atoms with Crippen LogP contribution in [-0.4, -0.2) is 47.4 Å². The molecule has 0 aliphatic rings. The number of aliphatic hydroxyl groups excluding tert-OH is 2. The number of hydrogen-bond acceptors (Lipinski definition) is 5. The van der Waals surface area contributed by atoms with Gasteiger partial charge in [0.25, 0.3) is 0 Å². The van der Waals surface area contributed by atoms with Crippen LogP contribution in [0.3, 0.4) is 0 Å². The van der Waals surface area contributed by atoms with Crippen molar-refractivity contribution in [2.45, 2.75) is 321 Å². The zero-order valence-corrected chi connectivity index (χ0v) is 41.9. The Morgan fingerprint density at radius 1 is 0.435 bits per heavy atom. The lowest BCUT2D eigenvalue weighted by Gasteiger charge is -2.22. The number of carbonyl (C=O) groups excluding carboxylic acids is 2. The Morgan fingerprint density at radius 2 is 0.758 bits per heavy atom. The van der Waals surface area contributed by atoms with Gasteiger partial charge in [-0.05, 0) is 51.4 Å². The number of esters is 1. The highest BCUT2D eigenvalue weighted by Crippen LogP contribution is 2.17. The monoisotopic (exact) mass is 876 g/mol. The van der Waals surface area contributed by atoms with Gasteiger partial charge in [0.15, 0.2) is 0 Å². The Bertz CT molecular complexity index is 924.